The maximum Gasteiger partial charge on any atom is 0.176 e. The Labute approximate surface area is 109 Å². The van der Waals surface area contributed by atoms with E-state index in [1.165, 1.54) is 23.3 Å². The highest BCUT2D eigenvalue weighted by atomic mass is 32.2. The van der Waals surface area contributed by atoms with E-state index in [0.29, 0.717) is 0 Å². The van der Waals surface area contributed by atoms with E-state index in [1.54, 1.807) is 6.20 Å². The molecule has 1 atom stereocenters. The molecule has 0 unspecified atom stereocenters. The second-order valence-corrected chi connectivity index (χ2v) is 5.67. The lowest BCUT2D eigenvalue weighted by molar-refractivity contribution is 0.808. The van der Waals surface area contributed by atoms with E-state index >= 15 is 0 Å². The topological polar surface area (TPSA) is 64.7 Å². The molecule has 0 saturated heterocycles. The van der Waals surface area contributed by atoms with Gasteiger partial charge in [0.1, 0.15) is 10.9 Å². The van der Waals surface area contributed by atoms with Crippen LogP contribution in [0.2, 0.25) is 0 Å². The fourth-order valence-corrected chi connectivity index (χ4v) is 2.93. The van der Waals surface area contributed by atoms with E-state index < -0.39 is 0 Å². The first kappa shape index (κ1) is 12.5. The summed E-state index contributed by atoms with van der Waals surface area (Å²) in [5.74, 6) is 0.890. The summed E-state index contributed by atoms with van der Waals surface area (Å²) in [7, 11) is 0. The van der Waals surface area contributed by atoms with Crippen LogP contribution in [-0.4, -0.2) is 14.3 Å². The average molecular weight is 266 g/mol. The lowest BCUT2D eigenvalue weighted by atomic mass is 10.1. The fraction of sp³-hybridized carbons (Fsp3) is 0.364. The van der Waals surface area contributed by atoms with Crippen LogP contribution >= 0.6 is 23.3 Å². The molecule has 90 valence electrons. The monoisotopic (exact) mass is 266 g/mol. The number of rotatable bonds is 4. The van der Waals surface area contributed by atoms with Crippen molar-refractivity contribution in [2.45, 2.75) is 35.7 Å². The zero-order valence-electron chi connectivity index (χ0n) is 9.75. The maximum atomic E-state index is 5.84. The largest absolute Gasteiger partial charge is 0.324 e. The van der Waals surface area contributed by atoms with Gasteiger partial charge in [0.2, 0.25) is 0 Å². The Morgan fingerprint density at radius 1 is 1.53 bits per heavy atom. The number of nitrogens with zero attached hydrogens (tertiary/aromatic N) is 3. The molecule has 0 amide bonds. The van der Waals surface area contributed by atoms with Gasteiger partial charge in [0.15, 0.2) is 4.34 Å². The van der Waals surface area contributed by atoms with Crippen LogP contribution in [0.1, 0.15) is 31.3 Å². The Morgan fingerprint density at radius 2 is 2.35 bits per heavy atom. The van der Waals surface area contributed by atoms with Crippen molar-refractivity contribution in [1.82, 2.24) is 14.3 Å². The molecule has 4 nitrogen and oxygen atoms in total. The molecule has 2 N–H and O–H groups in total. The first-order chi connectivity index (χ1) is 8.19. The highest BCUT2D eigenvalue weighted by molar-refractivity contribution is 8.00. The number of aromatic nitrogens is 3. The van der Waals surface area contributed by atoms with Crippen molar-refractivity contribution in [3.05, 3.63) is 29.7 Å². The summed E-state index contributed by atoms with van der Waals surface area (Å²) in [5, 5.41) is 0.915. The molecule has 17 heavy (non-hydrogen) atoms. The SMILES string of the molecule is CCc1nsc(Sc2cc([C@H](C)N)ccn2)n1. The van der Waals surface area contributed by atoms with Gasteiger partial charge in [0.05, 0.1) is 0 Å². The van der Waals surface area contributed by atoms with Gasteiger partial charge in [0, 0.05) is 18.7 Å². The minimum absolute atomic E-state index is 0.0259. The molecule has 2 rings (SSSR count). The van der Waals surface area contributed by atoms with Crippen molar-refractivity contribution in [3.63, 3.8) is 0 Å². The molecule has 0 saturated carbocycles. The molecule has 2 aromatic rings. The molecule has 0 bridgehead atoms. The van der Waals surface area contributed by atoms with Crippen molar-refractivity contribution in [3.8, 4) is 0 Å². The standard InChI is InChI=1S/C11H14N4S2/c1-3-9-14-11(17-15-9)16-10-6-8(7(2)12)4-5-13-10/h4-7H,3,12H2,1-2H3/t7-/m0/s1. The van der Waals surface area contributed by atoms with Gasteiger partial charge >= 0.3 is 0 Å². The van der Waals surface area contributed by atoms with E-state index in [2.05, 4.69) is 14.3 Å². The summed E-state index contributed by atoms with van der Waals surface area (Å²) >= 11 is 2.95. The Bertz CT molecular complexity index is 496. The number of hydrogen-bond donors (Lipinski definition) is 1. The maximum absolute atomic E-state index is 5.84. The van der Waals surface area contributed by atoms with Crippen molar-refractivity contribution in [2.24, 2.45) is 5.73 Å². The molecule has 0 aliphatic rings. The van der Waals surface area contributed by atoms with Crippen molar-refractivity contribution in [2.75, 3.05) is 0 Å². The van der Waals surface area contributed by atoms with Crippen LogP contribution in [0.4, 0.5) is 0 Å². The predicted octanol–water partition coefficient (Wildman–Crippen LogP) is 2.67. The van der Waals surface area contributed by atoms with Gasteiger partial charge in [0.25, 0.3) is 0 Å². The lowest BCUT2D eigenvalue weighted by Crippen LogP contribution is -2.04. The van der Waals surface area contributed by atoms with Crippen molar-refractivity contribution < 1.29 is 0 Å². The van der Waals surface area contributed by atoms with Crippen LogP contribution in [0, 0.1) is 0 Å². The number of hydrogen-bond acceptors (Lipinski definition) is 6. The molecule has 0 aromatic carbocycles. The minimum Gasteiger partial charge on any atom is -0.324 e. The second-order valence-electron chi connectivity index (χ2n) is 3.65. The lowest BCUT2D eigenvalue weighted by Gasteiger charge is -2.05. The van der Waals surface area contributed by atoms with Gasteiger partial charge in [-0.25, -0.2) is 9.97 Å². The number of pyridine rings is 1. The van der Waals surface area contributed by atoms with Crippen LogP contribution in [0.3, 0.4) is 0 Å². The molecule has 0 fully saturated rings. The van der Waals surface area contributed by atoms with E-state index in [-0.39, 0.29) is 6.04 Å². The van der Waals surface area contributed by atoms with Crippen molar-refractivity contribution >= 4 is 23.3 Å². The molecule has 0 aliphatic heterocycles. The zero-order valence-corrected chi connectivity index (χ0v) is 11.4. The van der Waals surface area contributed by atoms with E-state index in [9.17, 15) is 0 Å². The summed E-state index contributed by atoms with van der Waals surface area (Å²) in [6, 6.07) is 3.97. The van der Waals surface area contributed by atoms with E-state index in [1.807, 2.05) is 26.0 Å². The first-order valence-electron chi connectivity index (χ1n) is 5.41. The quantitative estimate of drug-likeness (QED) is 0.921. The van der Waals surface area contributed by atoms with Crippen molar-refractivity contribution in [1.29, 1.82) is 0 Å². The minimum atomic E-state index is 0.0259. The van der Waals surface area contributed by atoms with Gasteiger partial charge in [-0.15, -0.1) is 0 Å². The normalized spacial score (nSPS) is 12.6. The fourth-order valence-electron chi connectivity index (χ4n) is 1.28. The highest BCUT2D eigenvalue weighted by Gasteiger charge is 2.07. The Balaban J connectivity index is 2.15. The predicted molar refractivity (Wildman–Crippen MR) is 70.2 cm³/mol. The summed E-state index contributed by atoms with van der Waals surface area (Å²) in [4.78, 5) is 8.70. The van der Waals surface area contributed by atoms with Gasteiger partial charge in [-0.2, -0.15) is 4.37 Å². The molecule has 2 heterocycles. The van der Waals surface area contributed by atoms with Crippen LogP contribution in [0.15, 0.2) is 27.7 Å². The third-order valence-electron chi connectivity index (χ3n) is 2.24. The number of nitrogens with two attached hydrogens (primary N) is 1. The van der Waals surface area contributed by atoms with E-state index in [0.717, 1.165) is 27.2 Å². The molecule has 2 aromatic heterocycles. The summed E-state index contributed by atoms with van der Waals surface area (Å²) < 4.78 is 5.17. The zero-order chi connectivity index (χ0) is 12.3. The third-order valence-corrected chi connectivity index (χ3v) is 3.96. The average Bonchev–Trinajstić information content (AvgIpc) is 2.77. The van der Waals surface area contributed by atoms with Crippen LogP contribution in [0.5, 0.6) is 0 Å². The molecular formula is C11H14N4S2. The summed E-state index contributed by atoms with van der Waals surface area (Å²) in [6.07, 6.45) is 2.65. The molecule has 6 heteroatoms. The second kappa shape index (κ2) is 5.57. The Kier molecular flexibility index (Phi) is 4.09. The molecular weight excluding hydrogens is 252 g/mol. The van der Waals surface area contributed by atoms with E-state index in [4.69, 9.17) is 5.73 Å². The third kappa shape index (κ3) is 3.24. The Morgan fingerprint density at radius 3 is 3.00 bits per heavy atom. The Hall–Kier alpha value is -0.980. The highest BCUT2D eigenvalue weighted by Crippen LogP contribution is 2.28. The van der Waals surface area contributed by atoms with Gasteiger partial charge in [-0.05, 0) is 47.9 Å². The molecule has 0 spiro atoms. The van der Waals surface area contributed by atoms with Crippen LogP contribution in [0.25, 0.3) is 0 Å². The van der Waals surface area contributed by atoms with Crippen LogP contribution in [-0.2, 0) is 6.42 Å². The van der Waals surface area contributed by atoms with Crippen LogP contribution < -0.4 is 5.73 Å². The summed E-state index contributed by atoms with van der Waals surface area (Å²) in [6.45, 7) is 4.01. The van der Waals surface area contributed by atoms with Gasteiger partial charge < -0.3 is 5.73 Å². The number of aryl methyl sites for hydroxylation is 1. The van der Waals surface area contributed by atoms with Gasteiger partial charge in [-0.1, -0.05) is 6.92 Å². The summed E-state index contributed by atoms with van der Waals surface area (Å²) in [5.41, 5.74) is 6.93. The van der Waals surface area contributed by atoms with Gasteiger partial charge in [-0.3, -0.25) is 0 Å². The smallest absolute Gasteiger partial charge is 0.176 e. The first-order valence-corrected chi connectivity index (χ1v) is 7.00. The molecule has 0 aliphatic carbocycles. The molecule has 0 radical (unpaired) electrons.